The molecule has 0 aliphatic rings. The van der Waals surface area contributed by atoms with Crippen molar-refractivity contribution < 1.29 is 9.53 Å². The average Bonchev–Trinajstić information content (AvgIpc) is 2.22. The molecule has 15 heavy (non-hydrogen) atoms. The van der Waals surface area contributed by atoms with Gasteiger partial charge in [0.15, 0.2) is 0 Å². The van der Waals surface area contributed by atoms with Gasteiger partial charge in [0.25, 0.3) is 0 Å². The van der Waals surface area contributed by atoms with Gasteiger partial charge in [-0.05, 0) is 39.3 Å². The van der Waals surface area contributed by atoms with Gasteiger partial charge in [-0.15, -0.1) is 0 Å². The Kier molecular flexibility index (Phi) is 8.91. The highest BCUT2D eigenvalue weighted by molar-refractivity contribution is 7.98. The zero-order valence-corrected chi connectivity index (χ0v) is 11.1. The third-order valence-corrected chi connectivity index (χ3v) is 3.11. The van der Waals surface area contributed by atoms with E-state index in [-0.39, 0.29) is 5.97 Å². The number of esters is 1. The van der Waals surface area contributed by atoms with Crippen LogP contribution in [-0.2, 0) is 9.53 Å². The first-order valence-corrected chi connectivity index (χ1v) is 6.86. The summed E-state index contributed by atoms with van der Waals surface area (Å²) in [6, 6.07) is 0.534. The molecule has 0 aromatic carbocycles. The number of hydrogen-bond acceptors (Lipinski definition) is 4. The highest BCUT2D eigenvalue weighted by atomic mass is 32.2. The molecule has 0 bridgehead atoms. The zero-order chi connectivity index (χ0) is 11.7. The van der Waals surface area contributed by atoms with Gasteiger partial charge in [-0.1, -0.05) is 0 Å². The molecule has 0 aliphatic heterocycles. The molecular weight excluding hydrogens is 210 g/mol. The highest BCUT2D eigenvalue weighted by Gasteiger charge is 2.10. The van der Waals surface area contributed by atoms with E-state index < -0.39 is 0 Å². The quantitative estimate of drug-likeness (QED) is 0.600. The van der Waals surface area contributed by atoms with Crippen molar-refractivity contribution in [2.24, 2.45) is 0 Å². The smallest absolute Gasteiger partial charge is 0.307 e. The molecule has 0 radical (unpaired) electrons. The van der Waals surface area contributed by atoms with Crippen LogP contribution in [-0.4, -0.2) is 49.1 Å². The van der Waals surface area contributed by atoms with E-state index in [4.69, 9.17) is 4.74 Å². The maximum atomic E-state index is 11.1. The lowest BCUT2D eigenvalue weighted by Crippen LogP contribution is -2.31. The first-order valence-electron chi connectivity index (χ1n) is 5.46. The van der Waals surface area contributed by atoms with Crippen LogP contribution >= 0.6 is 11.8 Å². The Morgan fingerprint density at radius 1 is 1.53 bits per heavy atom. The van der Waals surface area contributed by atoms with Gasteiger partial charge in [0.2, 0.25) is 0 Å². The summed E-state index contributed by atoms with van der Waals surface area (Å²) in [6.45, 7) is 5.29. The minimum atomic E-state index is -0.0959. The molecule has 0 aliphatic carbocycles. The highest BCUT2D eigenvalue weighted by Crippen LogP contribution is 2.06. The molecule has 0 aromatic heterocycles. The van der Waals surface area contributed by atoms with Crippen molar-refractivity contribution in [3.63, 3.8) is 0 Å². The monoisotopic (exact) mass is 233 g/mol. The zero-order valence-electron chi connectivity index (χ0n) is 10.3. The van der Waals surface area contributed by atoms with Crippen molar-refractivity contribution in [1.82, 2.24) is 4.90 Å². The summed E-state index contributed by atoms with van der Waals surface area (Å²) in [4.78, 5) is 13.3. The van der Waals surface area contributed by atoms with Gasteiger partial charge in [0.1, 0.15) is 0 Å². The molecular formula is C11H23NO2S. The Labute approximate surface area is 97.5 Å². The second kappa shape index (κ2) is 9.04. The summed E-state index contributed by atoms with van der Waals surface area (Å²) in [6.07, 6.45) is 3.78. The van der Waals surface area contributed by atoms with Crippen molar-refractivity contribution in [3.8, 4) is 0 Å². The molecule has 1 unspecified atom stereocenters. The van der Waals surface area contributed by atoms with Crippen LogP contribution in [0.1, 0.15) is 26.7 Å². The Morgan fingerprint density at radius 2 is 2.20 bits per heavy atom. The average molecular weight is 233 g/mol. The van der Waals surface area contributed by atoms with Crippen molar-refractivity contribution in [2.45, 2.75) is 32.7 Å². The summed E-state index contributed by atoms with van der Waals surface area (Å²) >= 11 is 1.86. The standard InChI is InChI=1S/C11H23NO2S/c1-5-14-11(13)6-8-12(3)10(2)7-9-15-4/h10H,5-9H2,1-4H3. The van der Waals surface area contributed by atoms with E-state index in [1.54, 1.807) is 0 Å². The number of thioether (sulfide) groups is 1. The predicted octanol–water partition coefficient (Wildman–Crippen LogP) is 2.01. The summed E-state index contributed by atoms with van der Waals surface area (Å²) < 4.78 is 4.88. The number of rotatable bonds is 8. The van der Waals surface area contributed by atoms with Gasteiger partial charge >= 0.3 is 5.97 Å². The molecule has 0 saturated heterocycles. The number of carbonyl (C=O) groups excluding carboxylic acids is 1. The summed E-state index contributed by atoms with van der Waals surface area (Å²) in [5.74, 6) is 1.08. The normalized spacial score (nSPS) is 12.9. The van der Waals surface area contributed by atoms with Crippen LogP contribution in [0, 0.1) is 0 Å². The fourth-order valence-corrected chi connectivity index (χ4v) is 1.81. The van der Waals surface area contributed by atoms with Gasteiger partial charge in [-0.3, -0.25) is 4.79 Å². The summed E-state index contributed by atoms with van der Waals surface area (Å²) in [5.41, 5.74) is 0. The summed E-state index contributed by atoms with van der Waals surface area (Å²) in [7, 11) is 2.06. The third kappa shape index (κ3) is 7.68. The molecule has 0 rings (SSSR count). The second-order valence-corrected chi connectivity index (χ2v) is 4.65. The van der Waals surface area contributed by atoms with E-state index in [1.807, 2.05) is 18.7 Å². The minimum absolute atomic E-state index is 0.0959. The SMILES string of the molecule is CCOC(=O)CCN(C)C(C)CCSC. The van der Waals surface area contributed by atoms with Crippen LogP contribution in [0.3, 0.4) is 0 Å². The van der Waals surface area contributed by atoms with Gasteiger partial charge in [-0.25, -0.2) is 0 Å². The fourth-order valence-electron chi connectivity index (χ4n) is 1.23. The molecule has 0 saturated carbocycles. The Morgan fingerprint density at radius 3 is 2.73 bits per heavy atom. The van der Waals surface area contributed by atoms with E-state index >= 15 is 0 Å². The van der Waals surface area contributed by atoms with E-state index in [9.17, 15) is 4.79 Å². The van der Waals surface area contributed by atoms with E-state index in [0.717, 1.165) is 6.54 Å². The van der Waals surface area contributed by atoms with Gasteiger partial charge in [-0.2, -0.15) is 11.8 Å². The van der Waals surface area contributed by atoms with Crippen LogP contribution in [0.25, 0.3) is 0 Å². The first kappa shape index (κ1) is 14.8. The molecule has 0 aromatic rings. The second-order valence-electron chi connectivity index (χ2n) is 3.67. The number of ether oxygens (including phenoxy) is 1. The lowest BCUT2D eigenvalue weighted by molar-refractivity contribution is -0.143. The lowest BCUT2D eigenvalue weighted by atomic mass is 10.2. The minimum Gasteiger partial charge on any atom is -0.466 e. The number of nitrogens with zero attached hydrogens (tertiary/aromatic N) is 1. The van der Waals surface area contributed by atoms with Crippen molar-refractivity contribution in [1.29, 1.82) is 0 Å². The van der Waals surface area contributed by atoms with Crippen molar-refractivity contribution in [3.05, 3.63) is 0 Å². The molecule has 90 valence electrons. The fraction of sp³-hybridized carbons (Fsp3) is 0.909. The van der Waals surface area contributed by atoms with Gasteiger partial charge in [0.05, 0.1) is 13.0 Å². The van der Waals surface area contributed by atoms with Crippen molar-refractivity contribution >= 4 is 17.7 Å². The molecule has 0 amide bonds. The van der Waals surface area contributed by atoms with Crippen molar-refractivity contribution in [2.75, 3.05) is 32.2 Å². The summed E-state index contributed by atoms with van der Waals surface area (Å²) in [5, 5.41) is 0. The molecule has 0 spiro atoms. The number of hydrogen-bond donors (Lipinski definition) is 0. The molecule has 4 heteroatoms. The Bertz CT molecular complexity index is 176. The van der Waals surface area contributed by atoms with E-state index in [2.05, 4.69) is 25.1 Å². The van der Waals surface area contributed by atoms with Gasteiger partial charge < -0.3 is 9.64 Å². The van der Waals surface area contributed by atoms with Crippen LogP contribution < -0.4 is 0 Å². The maximum absolute atomic E-state index is 11.1. The van der Waals surface area contributed by atoms with Gasteiger partial charge in [0, 0.05) is 12.6 Å². The predicted molar refractivity (Wildman–Crippen MR) is 66.3 cm³/mol. The Hall–Kier alpha value is -0.220. The van der Waals surface area contributed by atoms with Crippen LogP contribution in [0.5, 0.6) is 0 Å². The maximum Gasteiger partial charge on any atom is 0.307 e. The van der Waals surface area contributed by atoms with Crippen LogP contribution in [0.2, 0.25) is 0 Å². The topological polar surface area (TPSA) is 29.5 Å². The molecule has 3 nitrogen and oxygen atoms in total. The van der Waals surface area contributed by atoms with Crippen LogP contribution in [0.15, 0.2) is 0 Å². The van der Waals surface area contributed by atoms with E-state index in [0.29, 0.717) is 19.1 Å². The lowest BCUT2D eigenvalue weighted by Gasteiger charge is -2.23. The third-order valence-electron chi connectivity index (χ3n) is 2.47. The largest absolute Gasteiger partial charge is 0.466 e. The molecule has 0 heterocycles. The molecule has 0 N–H and O–H groups in total. The molecule has 1 atom stereocenters. The molecule has 0 fully saturated rings. The Balaban J connectivity index is 3.62. The van der Waals surface area contributed by atoms with Crippen LogP contribution in [0.4, 0.5) is 0 Å². The first-order chi connectivity index (χ1) is 7.11. The number of carbonyl (C=O) groups is 1. The van der Waals surface area contributed by atoms with E-state index in [1.165, 1.54) is 12.2 Å².